The van der Waals surface area contributed by atoms with E-state index in [0.717, 1.165) is 0 Å². The first-order chi connectivity index (χ1) is 8.49. The molecule has 1 aromatic rings. The molecule has 1 heterocycles. The van der Waals surface area contributed by atoms with Crippen LogP contribution in [-0.4, -0.2) is 28.7 Å². The van der Waals surface area contributed by atoms with Crippen molar-refractivity contribution in [3.05, 3.63) is 29.3 Å². The van der Waals surface area contributed by atoms with Crippen LogP contribution in [0.5, 0.6) is 0 Å². The van der Waals surface area contributed by atoms with Gasteiger partial charge in [-0.25, -0.2) is 4.90 Å². The van der Waals surface area contributed by atoms with Gasteiger partial charge in [-0.2, -0.15) is 0 Å². The molecule has 0 bridgehead atoms. The second kappa shape index (κ2) is 4.23. The molecule has 6 heteroatoms. The summed E-state index contributed by atoms with van der Waals surface area (Å²) in [6.07, 6.45) is 0.349. The number of anilines is 1. The largest absolute Gasteiger partial charge is 0.398 e. The van der Waals surface area contributed by atoms with Gasteiger partial charge in [0.1, 0.15) is 0 Å². The molecule has 3 amide bonds. The van der Waals surface area contributed by atoms with Crippen LogP contribution in [0.4, 0.5) is 5.69 Å². The van der Waals surface area contributed by atoms with E-state index in [1.54, 1.807) is 13.0 Å². The number of hydrogen-bond acceptors (Lipinski definition) is 5. The minimum Gasteiger partial charge on any atom is -0.398 e. The number of fused-ring (bicyclic) bond motifs is 1. The van der Waals surface area contributed by atoms with E-state index in [9.17, 15) is 14.4 Å². The molecule has 0 fully saturated rings. The molecule has 1 aliphatic rings. The van der Waals surface area contributed by atoms with Crippen molar-refractivity contribution in [2.45, 2.75) is 19.4 Å². The topological polar surface area (TPSA) is 106 Å². The monoisotopic (exact) mass is 247 g/mol. The Balaban J connectivity index is 2.47. The van der Waals surface area contributed by atoms with Gasteiger partial charge in [0.15, 0.2) is 0 Å². The molecule has 1 aromatic carbocycles. The van der Waals surface area contributed by atoms with E-state index >= 15 is 0 Å². The number of nitrogens with two attached hydrogens (primary N) is 2. The zero-order valence-corrected chi connectivity index (χ0v) is 9.84. The lowest BCUT2D eigenvalue weighted by molar-refractivity contribution is -0.127. The number of carbonyl (C=O) groups is 3. The van der Waals surface area contributed by atoms with Gasteiger partial charge in [0.25, 0.3) is 17.7 Å². The van der Waals surface area contributed by atoms with Crippen molar-refractivity contribution < 1.29 is 14.4 Å². The van der Waals surface area contributed by atoms with Gasteiger partial charge < -0.3 is 11.5 Å². The third-order valence-corrected chi connectivity index (χ3v) is 2.92. The average molecular weight is 247 g/mol. The van der Waals surface area contributed by atoms with Gasteiger partial charge in [-0.05, 0) is 18.6 Å². The second-order valence-corrected chi connectivity index (χ2v) is 4.07. The van der Waals surface area contributed by atoms with E-state index in [4.69, 9.17) is 11.5 Å². The van der Waals surface area contributed by atoms with Crippen LogP contribution in [0.2, 0.25) is 0 Å². The third kappa shape index (κ3) is 1.58. The summed E-state index contributed by atoms with van der Waals surface area (Å²) in [5.74, 6) is -2.04. The predicted octanol–water partition coefficient (Wildman–Crippen LogP) is 0.129. The van der Waals surface area contributed by atoms with E-state index in [1.165, 1.54) is 12.1 Å². The average Bonchev–Trinajstić information content (AvgIpc) is 2.61. The first-order valence-corrected chi connectivity index (χ1v) is 5.55. The zero-order valence-electron chi connectivity index (χ0n) is 9.84. The van der Waals surface area contributed by atoms with Crippen LogP contribution in [0, 0.1) is 0 Å². The summed E-state index contributed by atoms with van der Waals surface area (Å²) < 4.78 is 0. The van der Waals surface area contributed by atoms with Crippen molar-refractivity contribution in [3.8, 4) is 0 Å². The predicted molar refractivity (Wildman–Crippen MR) is 64.6 cm³/mol. The van der Waals surface area contributed by atoms with E-state index in [1.807, 2.05) is 0 Å². The maximum Gasteiger partial charge on any atom is 0.270 e. The fourth-order valence-electron chi connectivity index (χ4n) is 1.85. The molecule has 0 spiro atoms. The van der Waals surface area contributed by atoms with Gasteiger partial charge in [0, 0.05) is 5.69 Å². The molecule has 0 aliphatic carbocycles. The molecule has 2 rings (SSSR count). The fraction of sp³-hybridized carbons (Fsp3) is 0.250. The number of amides is 3. The number of benzene rings is 1. The minimum atomic E-state index is -0.867. The number of nitrogen functional groups attached to an aromatic ring is 1. The summed E-state index contributed by atoms with van der Waals surface area (Å²) in [7, 11) is 0. The van der Waals surface area contributed by atoms with Gasteiger partial charge in [0.05, 0.1) is 17.2 Å². The number of imide groups is 3. The Kier molecular flexibility index (Phi) is 2.88. The van der Waals surface area contributed by atoms with Gasteiger partial charge >= 0.3 is 0 Å². The Morgan fingerprint density at radius 1 is 1.33 bits per heavy atom. The van der Waals surface area contributed by atoms with Gasteiger partial charge in [0.2, 0.25) is 0 Å². The maximum atomic E-state index is 12.0. The molecule has 0 radical (unpaired) electrons. The van der Waals surface area contributed by atoms with Gasteiger partial charge in [-0.3, -0.25) is 14.4 Å². The van der Waals surface area contributed by atoms with E-state index in [2.05, 4.69) is 0 Å². The summed E-state index contributed by atoms with van der Waals surface area (Å²) in [6, 6.07) is 3.68. The lowest BCUT2D eigenvalue weighted by atomic mass is 10.1. The van der Waals surface area contributed by atoms with Crippen LogP contribution >= 0.6 is 0 Å². The molecule has 6 nitrogen and oxygen atoms in total. The lowest BCUT2D eigenvalue weighted by Gasteiger charge is -2.15. The number of nitrogens with zero attached hydrogens (tertiary/aromatic N) is 1. The van der Waals surface area contributed by atoms with Crippen molar-refractivity contribution >= 4 is 23.4 Å². The fourth-order valence-corrected chi connectivity index (χ4v) is 1.85. The van der Waals surface area contributed by atoms with Crippen LogP contribution in [-0.2, 0) is 4.79 Å². The van der Waals surface area contributed by atoms with Crippen LogP contribution in [0.3, 0.4) is 0 Å². The Bertz CT molecular complexity index is 553. The summed E-state index contributed by atoms with van der Waals surface area (Å²) in [4.78, 5) is 36.5. The zero-order chi connectivity index (χ0) is 13.4. The van der Waals surface area contributed by atoms with Crippen LogP contribution in [0.15, 0.2) is 18.2 Å². The molecular formula is C12H13N3O3. The summed E-state index contributed by atoms with van der Waals surface area (Å²) >= 11 is 0. The SMILES string of the molecule is CC[C@H](N)C(=O)N1C(=O)c2cccc(N)c2C1=O. The highest BCUT2D eigenvalue weighted by atomic mass is 16.2. The molecule has 0 saturated heterocycles. The Morgan fingerprint density at radius 2 is 2.00 bits per heavy atom. The Hall–Kier alpha value is -2.21. The van der Waals surface area contributed by atoms with Crippen molar-refractivity contribution in [2.24, 2.45) is 5.73 Å². The van der Waals surface area contributed by atoms with E-state index in [-0.39, 0.29) is 16.8 Å². The normalized spacial score (nSPS) is 15.8. The molecule has 0 aromatic heterocycles. The smallest absolute Gasteiger partial charge is 0.270 e. The van der Waals surface area contributed by atoms with Crippen molar-refractivity contribution in [2.75, 3.05) is 5.73 Å². The molecule has 4 N–H and O–H groups in total. The third-order valence-electron chi connectivity index (χ3n) is 2.92. The van der Waals surface area contributed by atoms with Crippen LogP contribution < -0.4 is 11.5 Å². The number of hydrogen-bond donors (Lipinski definition) is 2. The standard InChI is InChI=1S/C12H13N3O3/c1-2-7(13)11(17)15-10(16)6-4-3-5-8(14)9(6)12(15)18/h3-5,7H,2,13-14H2,1H3/t7-/m0/s1. The van der Waals surface area contributed by atoms with Crippen molar-refractivity contribution in [3.63, 3.8) is 0 Å². The Labute approximate surface area is 104 Å². The molecule has 18 heavy (non-hydrogen) atoms. The van der Waals surface area contributed by atoms with Gasteiger partial charge in [-0.1, -0.05) is 13.0 Å². The molecule has 0 saturated carbocycles. The summed E-state index contributed by atoms with van der Waals surface area (Å²) in [6.45, 7) is 1.70. The minimum absolute atomic E-state index is 0.0825. The van der Waals surface area contributed by atoms with Crippen molar-refractivity contribution in [1.29, 1.82) is 0 Å². The highest BCUT2D eigenvalue weighted by molar-refractivity contribution is 6.31. The van der Waals surface area contributed by atoms with Crippen molar-refractivity contribution in [1.82, 2.24) is 4.90 Å². The Morgan fingerprint density at radius 3 is 2.56 bits per heavy atom. The molecule has 0 unspecified atom stereocenters. The van der Waals surface area contributed by atoms with E-state index in [0.29, 0.717) is 11.3 Å². The lowest BCUT2D eigenvalue weighted by Crippen LogP contribution is -2.46. The second-order valence-electron chi connectivity index (χ2n) is 4.07. The van der Waals surface area contributed by atoms with E-state index < -0.39 is 23.8 Å². The summed E-state index contributed by atoms with van der Waals surface area (Å²) in [5, 5.41) is 0. The molecule has 1 atom stereocenters. The highest BCUT2D eigenvalue weighted by Crippen LogP contribution is 2.27. The summed E-state index contributed by atoms with van der Waals surface area (Å²) in [5.41, 5.74) is 11.6. The van der Waals surface area contributed by atoms with Gasteiger partial charge in [-0.15, -0.1) is 0 Å². The number of carbonyl (C=O) groups excluding carboxylic acids is 3. The first kappa shape index (κ1) is 12.3. The number of rotatable bonds is 2. The molecular weight excluding hydrogens is 234 g/mol. The first-order valence-electron chi connectivity index (χ1n) is 5.55. The maximum absolute atomic E-state index is 12.0. The quantitative estimate of drug-likeness (QED) is 0.570. The van der Waals surface area contributed by atoms with Crippen LogP contribution in [0.25, 0.3) is 0 Å². The highest BCUT2D eigenvalue weighted by Gasteiger charge is 2.42. The molecule has 1 aliphatic heterocycles. The van der Waals surface area contributed by atoms with Crippen LogP contribution in [0.1, 0.15) is 34.1 Å². The molecule has 94 valence electrons.